The summed E-state index contributed by atoms with van der Waals surface area (Å²) < 4.78 is 10.1. The molecule has 0 spiro atoms. The zero-order valence-electron chi connectivity index (χ0n) is 10.4. The fourth-order valence-electron chi connectivity index (χ4n) is 1.59. The van der Waals surface area contributed by atoms with E-state index in [2.05, 4.69) is 10.3 Å². The van der Waals surface area contributed by atoms with Gasteiger partial charge >= 0.3 is 5.97 Å². The van der Waals surface area contributed by atoms with Crippen molar-refractivity contribution in [2.24, 2.45) is 0 Å². The Bertz CT molecular complexity index is 565. The topological polar surface area (TPSA) is 84.6 Å². The van der Waals surface area contributed by atoms with Crippen LogP contribution < -0.4 is 10.1 Å². The molecule has 6 nitrogen and oxygen atoms in total. The Morgan fingerprint density at radius 3 is 3.05 bits per heavy atom. The van der Waals surface area contributed by atoms with Crippen LogP contribution in [-0.4, -0.2) is 29.7 Å². The maximum atomic E-state index is 10.6. The van der Waals surface area contributed by atoms with Gasteiger partial charge in [0.25, 0.3) is 6.01 Å². The number of methoxy groups -OCH3 is 1. The third-order valence-electron chi connectivity index (χ3n) is 2.55. The molecule has 2 rings (SSSR count). The van der Waals surface area contributed by atoms with Crippen LogP contribution in [0.15, 0.2) is 34.9 Å². The summed E-state index contributed by atoms with van der Waals surface area (Å²) in [6.45, 7) is 0.590. The van der Waals surface area contributed by atoms with Gasteiger partial charge in [0.05, 0.1) is 7.11 Å². The first-order valence-corrected chi connectivity index (χ1v) is 5.74. The number of aromatic nitrogens is 1. The lowest BCUT2D eigenvalue weighted by atomic mass is 10.1. The summed E-state index contributed by atoms with van der Waals surface area (Å²) in [7, 11) is 1.62. The first kappa shape index (κ1) is 12.9. The van der Waals surface area contributed by atoms with E-state index in [-0.39, 0.29) is 11.7 Å². The predicted molar refractivity (Wildman–Crippen MR) is 68.7 cm³/mol. The standard InChI is InChI=1S/C13H14N2O4/c1-18-10-4-2-3-9(7-10)5-6-14-13-15-11(8-19-13)12(16)17/h2-4,7-8H,5-6H2,1H3,(H,14,15)(H,16,17). The minimum atomic E-state index is -1.11. The number of aromatic carboxylic acids is 1. The fourth-order valence-corrected chi connectivity index (χ4v) is 1.59. The molecule has 2 N–H and O–H groups in total. The molecule has 0 aliphatic rings. The van der Waals surface area contributed by atoms with E-state index < -0.39 is 5.97 Å². The van der Waals surface area contributed by atoms with Gasteiger partial charge in [-0.3, -0.25) is 0 Å². The Morgan fingerprint density at radius 1 is 1.53 bits per heavy atom. The number of anilines is 1. The second-order valence-electron chi connectivity index (χ2n) is 3.87. The van der Waals surface area contributed by atoms with E-state index in [9.17, 15) is 4.79 Å². The Labute approximate surface area is 110 Å². The Morgan fingerprint density at radius 2 is 2.37 bits per heavy atom. The van der Waals surface area contributed by atoms with E-state index in [0.717, 1.165) is 24.0 Å². The van der Waals surface area contributed by atoms with Crippen LogP contribution in [0.3, 0.4) is 0 Å². The number of carbonyl (C=O) groups is 1. The van der Waals surface area contributed by atoms with E-state index in [1.807, 2.05) is 24.3 Å². The highest BCUT2D eigenvalue weighted by Crippen LogP contribution is 2.13. The van der Waals surface area contributed by atoms with Crippen molar-refractivity contribution in [1.82, 2.24) is 4.98 Å². The number of oxazole rings is 1. The molecule has 0 saturated carbocycles. The van der Waals surface area contributed by atoms with Crippen molar-refractivity contribution in [3.63, 3.8) is 0 Å². The molecule has 1 aromatic carbocycles. The average Bonchev–Trinajstić information content (AvgIpc) is 2.88. The van der Waals surface area contributed by atoms with Crippen molar-refractivity contribution in [3.8, 4) is 5.75 Å². The summed E-state index contributed by atoms with van der Waals surface area (Å²) in [5.74, 6) is -0.300. The first-order chi connectivity index (χ1) is 9.19. The maximum absolute atomic E-state index is 10.6. The van der Waals surface area contributed by atoms with Gasteiger partial charge in [0, 0.05) is 6.54 Å². The molecule has 2 aromatic rings. The summed E-state index contributed by atoms with van der Waals surface area (Å²) >= 11 is 0. The van der Waals surface area contributed by atoms with E-state index in [0.29, 0.717) is 6.54 Å². The van der Waals surface area contributed by atoms with Crippen molar-refractivity contribution in [1.29, 1.82) is 0 Å². The van der Waals surface area contributed by atoms with Crippen molar-refractivity contribution >= 4 is 12.0 Å². The number of benzene rings is 1. The van der Waals surface area contributed by atoms with Gasteiger partial charge in [0.15, 0.2) is 5.69 Å². The lowest BCUT2D eigenvalue weighted by Gasteiger charge is -2.04. The van der Waals surface area contributed by atoms with Crippen molar-refractivity contribution in [2.75, 3.05) is 19.0 Å². The lowest BCUT2D eigenvalue weighted by Crippen LogP contribution is -2.06. The molecular formula is C13H14N2O4. The van der Waals surface area contributed by atoms with Crippen LogP contribution in [0.2, 0.25) is 0 Å². The van der Waals surface area contributed by atoms with Crippen LogP contribution in [0, 0.1) is 0 Å². The zero-order valence-corrected chi connectivity index (χ0v) is 10.4. The molecule has 0 amide bonds. The molecule has 0 saturated heterocycles. The van der Waals surface area contributed by atoms with Gasteiger partial charge in [0.2, 0.25) is 0 Å². The Balaban J connectivity index is 1.86. The van der Waals surface area contributed by atoms with Crippen LogP contribution in [-0.2, 0) is 6.42 Å². The normalized spacial score (nSPS) is 10.2. The van der Waals surface area contributed by atoms with E-state index in [1.165, 1.54) is 0 Å². The van der Waals surface area contributed by atoms with Crippen LogP contribution in [0.5, 0.6) is 5.75 Å². The molecule has 0 bridgehead atoms. The smallest absolute Gasteiger partial charge is 0.357 e. The van der Waals surface area contributed by atoms with E-state index in [4.69, 9.17) is 14.3 Å². The highest BCUT2D eigenvalue weighted by Gasteiger charge is 2.09. The summed E-state index contributed by atoms with van der Waals surface area (Å²) in [4.78, 5) is 14.4. The zero-order chi connectivity index (χ0) is 13.7. The molecule has 19 heavy (non-hydrogen) atoms. The maximum Gasteiger partial charge on any atom is 0.357 e. The lowest BCUT2D eigenvalue weighted by molar-refractivity contribution is 0.0690. The molecule has 0 radical (unpaired) electrons. The van der Waals surface area contributed by atoms with Gasteiger partial charge in [-0.25, -0.2) is 4.79 Å². The molecule has 0 atom stereocenters. The minimum absolute atomic E-state index is 0.108. The molecule has 0 aliphatic heterocycles. The molecule has 1 heterocycles. The number of nitrogens with zero attached hydrogens (tertiary/aromatic N) is 1. The molecule has 6 heteroatoms. The number of carboxylic acid groups (broad SMARTS) is 1. The monoisotopic (exact) mass is 262 g/mol. The summed E-state index contributed by atoms with van der Waals surface area (Å²) in [5, 5.41) is 11.6. The molecule has 100 valence electrons. The van der Waals surface area contributed by atoms with Crippen molar-refractivity contribution < 1.29 is 19.1 Å². The minimum Gasteiger partial charge on any atom is -0.497 e. The van der Waals surface area contributed by atoms with Gasteiger partial charge in [-0.15, -0.1) is 0 Å². The van der Waals surface area contributed by atoms with Gasteiger partial charge in [-0.2, -0.15) is 4.98 Å². The van der Waals surface area contributed by atoms with Gasteiger partial charge in [-0.1, -0.05) is 12.1 Å². The van der Waals surface area contributed by atoms with Crippen LogP contribution in [0.25, 0.3) is 0 Å². The third kappa shape index (κ3) is 3.48. The Kier molecular flexibility index (Phi) is 4.02. The molecule has 0 fully saturated rings. The number of carboxylic acids is 1. The summed E-state index contributed by atoms with van der Waals surface area (Å²) in [6.07, 6.45) is 1.86. The summed E-state index contributed by atoms with van der Waals surface area (Å²) in [5.41, 5.74) is 1.00. The van der Waals surface area contributed by atoms with E-state index >= 15 is 0 Å². The highest BCUT2D eigenvalue weighted by atomic mass is 16.5. The number of rotatable bonds is 6. The van der Waals surface area contributed by atoms with E-state index in [1.54, 1.807) is 7.11 Å². The van der Waals surface area contributed by atoms with Gasteiger partial charge < -0.3 is 19.6 Å². The number of hydrogen-bond donors (Lipinski definition) is 2. The van der Waals surface area contributed by atoms with Crippen LogP contribution in [0.1, 0.15) is 16.1 Å². The van der Waals surface area contributed by atoms with Crippen molar-refractivity contribution in [3.05, 3.63) is 41.8 Å². The number of hydrogen-bond acceptors (Lipinski definition) is 5. The molecule has 1 aromatic heterocycles. The largest absolute Gasteiger partial charge is 0.497 e. The first-order valence-electron chi connectivity index (χ1n) is 5.74. The molecular weight excluding hydrogens is 248 g/mol. The predicted octanol–water partition coefficient (Wildman–Crippen LogP) is 2.04. The number of ether oxygens (including phenoxy) is 1. The summed E-state index contributed by atoms with van der Waals surface area (Å²) in [6, 6.07) is 7.94. The van der Waals surface area contributed by atoms with Gasteiger partial charge in [-0.05, 0) is 24.1 Å². The second kappa shape index (κ2) is 5.90. The number of nitrogens with one attached hydrogen (secondary N) is 1. The third-order valence-corrected chi connectivity index (χ3v) is 2.55. The van der Waals surface area contributed by atoms with Crippen LogP contribution in [0.4, 0.5) is 6.01 Å². The average molecular weight is 262 g/mol. The Hall–Kier alpha value is -2.50. The SMILES string of the molecule is COc1cccc(CCNc2nc(C(=O)O)co2)c1. The quantitative estimate of drug-likeness (QED) is 0.828. The second-order valence-corrected chi connectivity index (χ2v) is 3.87. The molecule has 0 unspecified atom stereocenters. The highest BCUT2D eigenvalue weighted by molar-refractivity contribution is 5.85. The molecule has 0 aliphatic carbocycles. The van der Waals surface area contributed by atoms with Crippen LogP contribution >= 0.6 is 0 Å². The van der Waals surface area contributed by atoms with Gasteiger partial charge in [0.1, 0.15) is 12.0 Å². The fraction of sp³-hybridized carbons (Fsp3) is 0.231. The van der Waals surface area contributed by atoms with Crippen molar-refractivity contribution in [2.45, 2.75) is 6.42 Å².